The molecule has 0 bridgehead atoms. The Balaban J connectivity index is 2.16. The second-order valence-electron chi connectivity index (χ2n) is 4.23. The van der Waals surface area contributed by atoms with Gasteiger partial charge in [-0.3, -0.25) is 0 Å². The van der Waals surface area contributed by atoms with Crippen LogP contribution in [0.3, 0.4) is 0 Å². The molecule has 0 spiro atoms. The monoisotopic (exact) mass is 259 g/mol. The molecule has 4 heteroatoms. The lowest BCUT2D eigenvalue weighted by atomic mass is 9.98. The van der Waals surface area contributed by atoms with Crippen molar-refractivity contribution in [1.82, 2.24) is 0 Å². The van der Waals surface area contributed by atoms with Crippen LogP contribution in [-0.4, -0.2) is 24.8 Å². The zero-order valence-electron chi connectivity index (χ0n) is 9.00. The fourth-order valence-corrected chi connectivity index (χ4v) is 2.70. The van der Waals surface area contributed by atoms with Crippen LogP contribution >= 0.6 is 23.2 Å². The molecule has 1 heterocycles. The van der Waals surface area contributed by atoms with E-state index in [-0.39, 0.29) is 6.61 Å². The van der Waals surface area contributed by atoms with Gasteiger partial charge in [-0.25, -0.2) is 0 Å². The van der Waals surface area contributed by atoms with E-state index < -0.39 is 0 Å². The number of halogens is 2. The van der Waals surface area contributed by atoms with Crippen molar-refractivity contribution in [2.45, 2.75) is 12.8 Å². The average molecular weight is 260 g/mol. The van der Waals surface area contributed by atoms with Crippen LogP contribution in [0.4, 0.5) is 5.69 Å². The summed E-state index contributed by atoms with van der Waals surface area (Å²) in [4.78, 5) is 2.23. The number of hydrogen-bond donors (Lipinski definition) is 1. The summed E-state index contributed by atoms with van der Waals surface area (Å²) in [6.45, 7) is 2.12. The van der Waals surface area contributed by atoms with E-state index in [9.17, 15) is 5.11 Å². The number of piperidine rings is 1. The van der Waals surface area contributed by atoms with Crippen LogP contribution in [-0.2, 0) is 0 Å². The third kappa shape index (κ3) is 2.62. The van der Waals surface area contributed by atoms with E-state index >= 15 is 0 Å². The van der Waals surface area contributed by atoms with Crippen LogP contribution in [0.5, 0.6) is 0 Å². The maximum atomic E-state index is 9.19. The van der Waals surface area contributed by atoms with Crippen molar-refractivity contribution in [3.05, 3.63) is 28.2 Å². The van der Waals surface area contributed by atoms with E-state index in [2.05, 4.69) is 4.90 Å². The molecule has 1 saturated heterocycles. The molecular formula is C12H15Cl2NO. The molecule has 0 saturated carbocycles. The van der Waals surface area contributed by atoms with Crippen molar-refractivity contribution in [1.29, 1.82) is 0 Å². The Bertz CT molecular complexity index is 370. The summed E-state index contributed by atoms with van der Waals surface area (Å²) in [5, 5.41) is 10.5. The lowest BCUT2D eigenvalue weighted by Crippen LogP contribution is -2.36. The SMILES string of the molecule is OCC1CCCN(c2ccc(Cl)cc2Cl)C1. The first-order valence-corrected chi connectivity index (χ1v) is 6.27. The molecule has 0 amide bonds. The third-order valence-corrected chi connectivity index (χ3v) is 3.57. The highest BCUT2D eigenvalue weighted by Crippen LogP contribution is 2.31. The minimum Gasteiger partial charge on any atom is -0.396 e. The molecule has 2 nitrogen and oxygen atoms in total. The van der Waals surface area contributed by atoms with Crippen molar-refractivity contribution in [2.75, 3.05) is 24.6 Å². The summed E-state index contributed by atoms with van der Waals surface area (Å²) < 4.78 is 0. The second kappa shape index (κ2) is 5.26. The van der Waals surface area contributed by atoms with Crippen LogP contribution in [0.25, 0.3) is 0 Å². The largest absolute Gasteiger partial charge is 0.396 e. The standard InChI is InChI=1S/C12H15Cl2NO/c13-10-3-4-12(11(14)6-10)15-5-1-2-9(7-15)8-16/h3-4,6,9,16H,1-2,5,7-8H2. The molecule has 0 aliphatic carbocycles. The van der Waals surface area contributed by atoms with Crippen molar-refractivity contribution in [3.63, 3.8) is 0 Å². The maximum Gasteiger partial charge on any atom is 0.0654 e. The Labute approximate surface area is 106 Å². The lowest BCUT2D eigenvalue weighted by Gasteiger charge is -2.34. The quantitative estimate of drug-likeness (QED) is 0.882. The summed E-state index contributed by atoms with van der Waals surface area (Å²) in [5.41, 5.74) is 1.02. The van der Waals surface area contributed by atoms with Crippen LogP contribution in [0.1, 0.15) is 12.8 Å². The number of rotatable bonds is 2. The number of nitrogens with zero attached hydrogens (tertiary/aromatic N) is 1. The zero-order chi connectivity index (χ0) is 11.5. The Kier molecular flexibility index (Phi) is 3.95. The smallest absolute Gasteiger partial charge is 0.0654 e. The van der Waals surface area contributed by atoms with Gasteiger partial charge in [0.2, 0.25) is 0 Å². The van der Waals surface area contributed by atoms with Crippen LogP contribution in [0, 0.1) is 5.92 Å². The zero-order valence-corrected chi connectivity index (χ0v) is 10.5. The van der Waals surface area contributed by atoms with Gasteiger partial charge in [-0.1, -0.05) is 23.2 Å². The van der Waals surface area contributed by atoms with Gasteiger partial charge < -0.3 is 10.0 Å². The van der Waals surface area contributed by atoms with Gasteiger partial charge in [0.25, 0.3) is 0 Å². The van der Waals surface area contributed by atoms with Gasteiger partial charge in [0, 0.05) is 24.7 Å². The highest BCUT2D eigenvalue weighted by atomic mass is 35.5. The highest BCUT2D eigenvalue weighted by Gasteiger charge is 2.20. The van der Waals surface area contributed by atoms with Crippen LogP contribution < -0.4 is 4.90 Å². The number of aliphatic hydroxyl groups excluding tert-OH is 1. The van der Waals surface area contributed by atoms with Crippen molar-refractivity contribution >= 4 is 28.9 Å². The Morgan fingerprint density at radius 1 is 1.38 bits per heavy atom. The summed E-state index contributed by atoms with van der Waals surface area (Å²) in [6.07, 6.45) is 2.20. The fourth-order valence-electron chi connectivity index (χ4n) is 2.17. The van der Waals surface area contributed by atoms with Gasteiger partial charge in [-0.05, 0) is 37.0 Å². The lowest BCUT2D eigenvalue weighted by molar-refractivity contribution is 0.209. The summed E-state index contributed by atoms with van der Waals surface area (Å²) in [5.74, 6) is 0.362. The predicted octanol–water partition coefficient (Wildman–Crippen LogP) is 3.20. The Hall–Kier alpha value is -0.440. The number of hydrogen-bond acceptors (Lipinski definition) is 2. The van der Waals surface area contributed by atoms with Crippen molar-refractivity contribution in [3.8, 4) is 0 Å². The molecule has 88 valence electrons. The van der Waals surface area contributed by atoms with Gasteiger partial charge in [0.1, 0.15) is 0 Å². The highest BCUT2D eigenvalue weighted by molar-refractivity contribution is 6.36. The molecule has 1 aromatic rings. The van der Waals surface area contributed by atoms with Crippen molar-refractivity contribution < 1.29 is 5.11 Å². The molecule has 1 aliphatic heterocycles. The summed E-state index contributed by atoms with van der Waals surface area (Å²) in [6, 6.07) is 5.57. The molecule has 2 rings (SSSR count). The van der Waals surface area contributed by atoms with E-state index in [4.69, 9.17) is 23.2 Å². The van der Waals surface area contributed by atoms with Crippen LogP contribution in [0.15, 0.2) is 18.2 Å². The second-order valence-corrected chi connectivity index (χ2v) is 5.08. The molecule has 1 unspecified atom stereocenters. The van der Waals surface area contributed by atoms with E-state index in [1.165, 1.54) is 0 Å². The Morgan fingerprint density at radius 2 is 2.19 bits per heavy atom. The van der Waals surface area contributed by atoms with Gasteiger partial charge in [-0.2, -0.15) is 0 Å². The van der Waals surface area contributed by atoms with Crippen molar-refractivity contribution in [2.24, 2.45) is 5.92 Å². The first-order chi connectivity index (χ1) is 7.70. The first-order valence-electron chi connectivity index (χ1n) is 5.51. The molecule has 1 aromatic carbocycles. The predicted molar refractivity (Wildman–Crippen MR) is 68.5 cm³/mol. The van der Waals surface area contributed by atoms with Gasteiger partial charge in [0.05, 0.1) is 10.7 Å². The molecule has 16 heavy (non-hydrogen) atoms. The number of aliphatic hydroxyl groups is 1. The summed E-state index contributed by atoms with van der Waals surface area (Å²) in [7, 11) is 0. The first kappa shape index (κ1) is 12.0. The maximum absolute atomic E-state index is 9.19. The molecule has 0 aromatic heterocycles. The minimum atomic E-state index is 0.252. The average Bonchev–Trinajstić information content (AvgIpc) is 2.29. The molecular weight excluding hydrogens is 245 g/mol. The number of benzene rings is 1. The normalized spacial score (nSPS) is 21.2. The molecule has 1 fully saturated rings. The van der Waals surface area contributed by atoms with E-state index in [0.717, 1.165) is 31.6 Å². The topological polar surface area (TPSA) is 23.5 Å². The fraction of sp³-hybridized carbons (Fsp3) is 0.500. The minimum absolute atomic E-state index is 0.252. The molecule has 0 radical (unpaired) electrons. The third-order valence-electron chi connectivity index (χ3n) is 3.03. The van der Waals surface area contributed by atoms with E-state index in [1.54, 1.807) is 6.07 Å². The van der Waals surface area contributed by atoms with E-state index in [0.29, 0.717) is 16.0 Å². The van der Waals surface area contributed by atoms with Gasteiger partial charge in [0.15, 0.2) is 0 Å². The molecule has 1 atom stereocenters. The number of anilines is 1. The van der Waals surface area contributed by atoms with E-state index in [1.807, 2.05) is 12.1 Å². The molecule has 1 N–H and O–H groups in total. The van der Waals surface area contributed by atoms with Gasteiger partial charge >= 0.3 is 0 Å². The Morgan fingerprint density at radius 3 is 2.88 bits per heavy atom. The summed E-state index contributed by atoms with van der Waals surface area (Å²) >= 11 is 12.0. The molecule has 1 aliphatic rings. The van der Waals surface area contributed by atoms with Gasteiger partial charge in [-0.15, -0.1) is 0 Å². The van der Waals surface area contributed by atoms with Crippen LogP contribution in [0.2, 0.25) is 10.0 Å².